The van der Waals surface area contributed by atoms with Crippen molar-refractivity contribution < 1.29 is 14.3 Å². The minimum Gasteiger partial charge on any atom is -0.481 e. The maximum atomic E-state index is 10.4. The number of carboxylic acid groups (broad SMARTS) is 1. The van der Waals surface area contributed by atoms with Gasteiger partial charge in [0, 0.05) is 19.3 Å². The molecule has 3 nitrogen and oxygen atoms in total. The number of carbonyl (C=O) groups is 1. The molecule has 1 aromatic heterocycles. The largest absolute Gasteiger partial charge is 0.481 e. The van der Waals surface area contributed by atoms with E-state index >= 15 is 0 Å². The third-order valence-corrected chi connectivity index (χ3v) is 4.31. The highest BCUT2D eigenvalue weighted by Crippen LogP contribution is 2.16. The van der Waals surface area contributed by atoms with Crippen LogP contribution in [-0.2, 0) is 17.6 Å². The molecular weight excluding hydrogens is 288 g/mol. The lowest BCUT2D eigenvalue weighted by Crippen LogP contribution is -1.93. The van der Waals surface area contributed by atoms with Crippen LogP contribution in [0.15, 0.2) is 16.5 Å². The Kier molecular flexibility index (Phi) is 11.4. The number of furan rings is 1. The lowest BCUT2D eigenvalue weighted by Gasteiger charge is -2.01. The van der Waals surface area contributed by atoms with Gasteiger partial charge in [-0.15, -0.1) is 0 Å². The maximum Gasteiger partial charge on any atom is 0.303 e. The molecule has 1 rings (SSSR count). The molecule has 0 bridgehead atoms. The quantitative estimate of drug-likeness (QED) is 0.394. The maximum absolute atomic E-state index is 10.4. The minimum absolute atomic E-state index is 0.295. The molecule has 1 aromatic rings. The predicted octanol–water partition coefficient (Wildman–Crippen LogP) is 6.15. The number of hydrogen-bond donors (Lipinski definition) is 1. The molecule has 1 heterocycles. The van der Waals surface area contributed by atoms with Gasteiger partial charge in [-0.1, -0.05) is 58.3 Å². The van der Waals surface area contributed by atoms with E-state index in [1.807, 2.05) is 0 Å². The van der Waals surface area contributed by atoms with Crippen LogP contribution in [0.3, 0.4) is 0 Å². The van der Waals surface area contributed by atoms with Crippen LogP contribution in [0.25, 0.3) is 0 Å². The van der Waals surface area contributed by atoms with Gasteiger partial charge in [0.05, 0.1) is 0 Å². The summed E-state index contributed by atoms with van der Waals surface area (Å²) in [5.41, 5.74) is 0. The van der Waals surface area contributed by atoms with Crippen molar-refractivity contribution in [3.05, 3.63) is 23.7 Å². The molecule has 0 saturated heterocycles. The molecule has 23 heavy (non-hydrogen) atoms. The van der Waals surface area contributed by atoms with E-state index in [1.165, 1.54) is 44.9 Å². The number of unbranched alkanes of at least 4 members (excludes halogenated alkanes) is 9. The summed E-state index contributed by atoms with van der Waals surface area (Å²) in [6.45, 7) is 2.25. The summed E-state index contributed by atoms with van der Waals surface area (Å²) in [5.74, 6) is 1.52. The lowest BCUT2D eigenvalue weighted by molar-refractivity contribution is -0.137. The fourth-order valence-corrected chi connectivity index (χ4v) is 2.88. The summed E-state index contributed by atoms with van der Waals surface area (Å²) in [4.78, 5) is 10.4. The number of carboxylic acids is 1. The molecule has 0 fully saturated rings. The van der Waals surface area contributed by atoms with E-state index in [2.05, 4.69) is 19.1 Å². The van der Waals surface area contributed by atoms with E-state index in [-0.39, 0.29) is 0 Å². The molecule has 0 aliphatic carbocycles. The van der Waals surface area contributed by atoms with Gasteiger partial charge in [-0.05, 0) is 31.4 Å². The van der Waals surface area contributed by atoms with Crippen LogP contribution in [-0.4, -0.2) is 11.1 Å². The summed E-state index contributed by atoms with van der Waals surface area (Å²) in [6, 6.07) is 4.23. The molecule has 0 spiro atoms. The number of hydrogen-bond acceptors (Lipinski definition) is 2. The first-order valence-corrected chi connectivity index (χ1v) is 9.51. The van der Waals surface area contributed by atoms with Crippen LogP contribution in [0.5, 0.6) is 0 Å². The zero-order valence-corrected chi connectivity index (χ0v) is 14.8. The van der Waals surface area contributed by atoms with Crippen molar-refractivity contribution in [2.24, 2.45) is 0 Å². The van der Waals surface area contributed by atoms with Gasteiger partial charge in [0.25, 0.3) is 0 Å². The van der Waals surface area contributed by atoms with Crippen molar-refractivity contribution >= 4 is 5.97 Å². The molecule has 3 heteroatoms. The van der Waals surface area contributed by atoms with E-state index < -0.39 is 5.97 Å². The van der Waals surface area contributed by atoms with Gasteiger partial charge in [-0.25, -0.2) is 0 Å². The topological polar surface area (TPSA) is 50.4 Å². The van der Waals surface area contributed by atoms with Gasteiger partial charge in [0.1, 0.15) is 11.5 Å². The van der Waals surface area contributed by atoms with Gasteiger partial charge in [0.15, 0.2) is 0 Å². The highest BCUT2D eigenvalue weighted by molar-refractivity contribution is 5.66. The molecular formula is C20H34O3. The minimum atomic E-state index is -0.689. The van der Waals surface area contributed by atoms with Crippen molar-refractivity contribution in [2.45, 2.75) is 96.8 Å². The Hall–Kier alpha value is -1.25. The van der Waals surface area contributed by atoms with Gasteiger partial charge in [-0.3, -0.25) is 4.79 Å². The number of rotatable bonds is 15. The number of aryl methyl sites for hydroxylation is 2. The Bertz CT molecular complexity index is 409. The highest BCUT2D eigenvalue weighted by Gasteiger charge is 2.03. The van der Waals surface area contributed by atoms with Gasteiger partial charge < -0.3 is 9.52 Å². The third kappa shape index (κ3) is 11.0. The molecule has 0 aromatic carbocycles. The molecule has 0 aliphatic rings. The smallest absolute Gasteiger partial charge is 0.303 e. The van der Waals surface area contributed by atoms with E-state index in [4.69, 9.17) is 9.52 Å². The third-order valence-electron chi connectivity index (χ3n) is 4.31. The first-order valence-electron chi connectivity index (χ1n) is 9.51. The Morgan fingerprint density at radius 2 is 1.30 bits per heavy atom. The SMILES string of the molecule is CCCCCCCCCc1ccc(CCCCCCC(=O)O)o1. The lowest BCUT2D eigenvalue weighted by atomic mass is 10.1. The normalized spacial score (nSPS) is 11.0. The zero-order chi connectivity index (χ0) is 16.8. The molecule has 132 valence electrons. The summed E-state index contributed by atoms with van der Waals surface area (Å²) in [6.07, 6.45) is 15.6. The molecule has 0 amide bonds. The average molecular weight is 322 g/mol. The van der Waals surface area contributed by atoms with Crippen LogP contribution in [0.2, 0.25) is 0 Å². The van der Waals surface area contributed by atoms with E-state index in [9.17, 15) is 4.79 Å². The van der Waals surface area contributed by atoms with Crippen molar-refractivity contribution in [1.82, 2.24) is 0 Å². The van der Waals surface area contributed by atoms with Crippen molar-refractivity contribution in [2.75, 3.05) is 0 Å². The summed E-state index contributed by atoms with van der Waals surface area (Å²) >= 11 is 0. The number of aliphatic carboxylic acids is 1. The summed E-state index contributed by atoms with van der Waals surface area (Å²) < 4.78 is 5.88. The first kappa shape index (κ1) is 19.8. The highest BCUT2D eigenvalue weighted by atomic mass is 16.4. The standard InChI is InChI=1S/C20H34O3/c1-2-3-4-5-6-7-10-13-18-16-17-19(23-18)14-11-8-9-12-15-20(21)22/h16-17H,2-15H2,1H3,(H,21,22). The fraction of sp³-hybridized carbons (Fsp3) is 0.750. The van der Waals surface area contributed by atoms with E-state index in [1.54, 1.807) is 0 Å². The van der Waals surface area contributed by atoms with E-state index in [0.717, 1.165) is 50.0 Å². The van der Waals surface area contributed by atoms with E-state index in [0.29, 0.717) is 6.42 Å². The van der Waals surface area contributed by atoms with Crippen LogP contribution in [0.1, 0.15) is 95.5 Å². The first-order chi connectivity index (χ1) is 11.2. The second-order valence-electron chi connectivity index (χ2n) is 6.55. The van der Waals surface area contributed by atoms with Crippen LogP contribution in [0, 0.1) is 0 Å². The molecule has 0 saturated carbocycles. The Balaban J connectivity index is 2.00. The Morgan fingerprint density at radius 3 is 1.83 bits per heavy atom. The molecule has 1 N–H and O–H groups in total. The van der Waals surface area contributed by atoms with Crippen LogP contribution in [0.4, 0.5) is 0 Å². The summed E-state index contributed by atoms with van der Waals surface area (Å²) in [5, 5.41) is 8.58. The predicted molar refractivity (Wildman–Crippen MR) is 94.8 cm³/mol. The molecule has 0 radical (unpaired) electrons. The second-order valence-corrected chi connectivity index (χ2v) is 6.55. The second kappa shape index (κ2) is 13.2. The van der Waals surface area contributed by atoms with Gasteiger partial charge >= 0.3 is 5.97 Å². The molecule has 0 aliphatic heterocycles. The Labute approximate surface area is 141 Å². The fourth-order valence-electron chi connectivity index (χ4n) is 2.88. The van der Waals surface area contributed by atoms with Crippen LogP contribution >= 0.6 is 0 Å². The van der Waals surface area contributed by atoms with Crippen molar-refractivity contribution in [3.8, 4) is 0 Å². The van der Waals surface area contributed by atoms with Gasteiger partial charge in [-0.2, -0.15) is 0 Å². The van der Waals surface area contributed by atoms with Crippen molar-refractivity contribution in [3.63, 3.8) is 0 Å². The van der Waals surface area contributed by atoms with Crippen molar-refractivity contribution in [1.29, 1.82) is 0 Å². The molecule has 0 atom stereocenters. The Morgan fingerprint density at radius 1 is 0.826 bits per heavy atom. The van der Waals surface area contributed by atoms with Gasteiger partial charge in [0.2, 0.25) is 0 Å². The monoisotopic (exact) mass is 322 g/mol. The molecule has 0 unspecified atom stereocenters. The van der Waals surface area contributed by atoms with Crippen LogP contribution < -0.4 is 0 Å². The average Bonchev–Trinajstić information content (AvgIpc) is 2.97. The zero-order valence-electron chi connectivity index (χ0n) is 14.8. The summed E-state index contributed by atoms with van der Waals surface area (Å²) in [7, 11) is 0.